The van der Waals surface area contributed by atoms with Crippen LogP contribution in [0.5, 0.6) is 5.75 Å². The maximum Gasteiger partial charge on any atom is 0.250 e. The first kappa shape index (κ1) is 14.8. The van der Waals surface area contributed by atoms with Gasteiger partial charge in [-0.15, -0.1) is 11.3 Å². The van der Waals surface area contributed by atoms with Crippen LogP contribution in [-0.4, -0.2) is 15.0 Å². The minimum absolute atomic E-state index is 0.136. The number of halogens is 2. The average molecular weight is 348 g/mol. The smallest absolute Gasteiger partial charge is 0.250 e. The van der Waals surface area contributed by atoms with Crippen LogP contribution in [0.3, 0.4) is 0 Å². The van der Waals surface area contributed by atoms with Crippen molar-refractivity contribution in [2.75, 3.05) is 6.61 Å². The molecule has 4 nitrogen and oxygen atoms in total. The van der Waals surface area contributed by atoms with Gasteiger partial charge < -0.3 is 4.74 Å². The maximum absolute atomic E-state index is 13.4. The zero-order valence-electron chi connectivity index (χ0n) is 10.7. The number of nitrogens with one attached hydrogen (secondary N) is 1. The Bertz CT molecular complexity index is 775. The first-order valence-electron chi connectivity index (χ1n) is 6.15. The monoisotopic (exact) mass is 347 g/mol. The maximum atomic E-state index is 13.4. The van der Waals surface area contributed by atoms with Gasteiger partial charge >= 0.3 is 0 Å². The second kappa shape index (κ2) is 5.57. The van der Waals surface area contributed by atoms with E-state index >= 15 is 0 Å². The van der Waals surface area contributed by atoms with E-state index in [1.165, 1.54) is 30.3 Å². The molecule has 0 radical (unpaired) electrons. The van der Waals surface area contributed by atoms with E-state index in [1.54, 1.807) is 0 Å². The molecule has 2 aromatic rings. The molecule has 1 aliphatic rings. The lowest BCUT2D eigenvalue weighted by Crippen LogP contribution is -2.31. The van der Waals surface area contributed by atoms with Crippen LogP contribution < -0.4 is 9.46 Å². The van der Waals surface area contributed by atoms with E-state index in [0.717, 1.165) is 11.3 Å². The van der Waals surface area contributed by atoms with Gasteiger partial charge in [0.05, 0.1) is 17.0 Å². The lowest BCUT2D eigenvalue weighted by Gasteiger charge is -2.26. The van der Waals surface area contributed by atoms with Crippen LogP contribution >= 0.6 is 22.9 Å². The number of hydrogen-bond donors (Lipinski definition) is 1. The molecule has 112 valence electrons. The second-order valence-corrected chi connectivity index (χ2v) is 8.21. The molecular weight excluding hydrogens is 337 g/mol. The lowest BCUT2D eigenvalue weighted by atomic mass is 10.0. The van der Waals surface area contributed by atoms with E-state index < -0.39 is 21.9 Å². The van der Waals surface area contributed by atoms with Crippen molar-refractivity contribution < 1.29 is 17.5 Å². The molecule has 0 bridgehead atoms. The molecular formula is C13H11ClFNO3S2. The van der Waals surface area contributed by atoms with Crippen molar-refractivity contribution in [3.63, 3.8) is 0 Å². The first-order chi connectivity index (χ1) is 9.95. The summed E-state index contributed by atoms with van der Waals surface area (Å²) in [4.78, 5) is 0. The van der Waals surface area contributed by atoms with Crippen molar-refractivity contribution in [2.24, 2.45) is 0 Å². The highest BCUT2D eigenvalue weighted by Crippen LogP contribution is 2.34. The predicted octanol–water partition coefficient (Wildman–Crippen LogP) is 3.34. The SMILES string of the molecule is O=S(=O)(NC1CCOc2ccc(F)cc21)c1ccc(Cl)s1. The molecule has 0 amide bonds. The highest BCUT2D eigenvalue weighted by atomic mass is 35.5. The van der Waals surface area contributed by atoms with Crippen LogP contribution in [0, 0.1) is 5.82 Å². The molecule has 0 saturated heterocycles. The zero-order chi connectivity index (χ0) is 15.0. The summed E-state index contributed by atoms with van der Waals surface area (Å²) in [5.74, 6) is 0.0715. The Morgan fingerprint density at radius 3 is 2.86 bits per heavy atom. The number of ether oxygens (including phenoxy) is 1. The van der Waals surface area contributed by atoms with Gasteiger partial charge in [-0.25, -0.2) is 17.5 Å². The number of rotatable bonds is 3. The number of sulfonamides is 1. The standard InChI is InChI=1S/C13H11ClFNO3S2/c14-12-3-4-13(20-12)21(17,18)16-10-5-6-19-11-2-1-8(15)7-9(10)11/h1-4,7,10,16H,5-6H2. The molecule has 1 aliphatic heterocycles. The normalized spacial score (nSPS) is 18.1. The lowest BCUT2D eigenvalue weighted by molar-refractivity contribution is 0.262. The van der Waals surface area contributed by atoms with Gasteiger partial charge in [-0.05, 0) is 30.3 Å². The molecule has 1 aromatic carbocycles. The summed E-state index contributed by atoms with van der Waals surface area (Å²) in [6, 6.07) is 6.54. The van der Waals surface area contributed by atoms with Crippen LogP contribution in [-0.2, 0) is 10.0 Å². The van der Waals surface area contributed by atoms with Crippen molar-refractivity contribution in [1.82, 2.24) is 4.72 Å². The van der Waals surface area contributed by atoms with Crippen molar-refractivity contribution in [3.8, 4) is 5.75 Å². The second-order valence-electron chi connectivity index (χ2n) is 4.55. The minimum atomic E-state index is -3.69. The molecule has 0 spiro atoms. The summed E-state index contributed by atoms with van der Waals surface area (Å²) >= 11 is 6.75. The molecule has 2 heterocycles. The quantitative estimate of drug-likeness (QED) is 0.926. The highest BCUT2D eigenvalue weighted by molar-refractivity contribution is 7.91. The van der Waals surface area contributed by atoms with Gasteiger partial charge in [0, 0.05) is 12.0 Å². The summed E-state index contributed by atoms with van der Waals surface area (Å²) < 4.78 is 46.5. The number of hydrogen-bond acceptors (Lipinski definition) is 4. The Kier molecular flexibility index (Phi) is 3.92. The van der Waals surface area contributed by atoms with Gasteiger partial charge in [0.25, 0.3) is 10.0 Å². The fourth-order valence-corrected chi connectivity index (χ4v) is 4.92. The Morgan fingerprint density at radius 1 is 1.33 bits per heavy atom. The van der Waals surface area contributed by atoms with Crippen LogP contribution in [0.1, 0.15) is 18.0 Å². The van der Waals surface area contributed by atoms with Gasteiger partial charge in [-0.1, -0.05) is 11.6 Å². The van der Waals surface area contributed by atoms with Gasteiger partial charge in [-0.2, -0.15) is 0 Å². The topological polar surface area (TPSA) is 55.4 Å². The van der Waals surface area contributed by atoms with Gasteiger partial charge in [0.1, 0.15) is 15.8 Å². The van der Waals surface area contributed by atoms with Gasteiger partial charge in [-0.3, -0.25) is 0 Å². The fourth-order valence-electron chi connectivity index (χ4n) is 2.18. The third-order valence-corrected chi connectivity index (χ3v) is 6.32. The largest absolute Gasteiger partial charge is 0.493 e. The fraction of sp³-hybridized carbons (Fsp3) is 0.231. The van der Waals surface area contributed by atoms with E-state index in [4.69, 9.17) is 16.3 Å². The molecule has 0 fully saturated rings. The minimum Gasteiger partial charge on any atom is -0.493 e. The Morgan fingerprint density at radius 2 is 2.14 bits per heavy atom. The summed E-state index contributed by atoms with van der Waals surface area (Å²) in [5.41, 5.74) is 0.507. The van der Waals surface area contributed by atoms with E-state index in [-0.39, 0.29) is 4.21 Å². The highest BCUT2D eigenvalue weighted by Gasteiger charge is 2.28. The summed E-state index contributed by atoms with van der Waals surface area (Å²) in [6.07, 6.45) is 0.439. The van der Waals surface area contributed by atoms with Crippen molar-refractivity contribution in [2.45, 2.75) is 16.7 Å². The van der Waals surface area contributed by atoms with Gasteiger partial charge in [0.2, 0.25) is 0 Å². The van der Waals surface area contributed by atoms with E-state index in [9.17, 15) is 12.8 Å². The Hall–Kier alpha value is -1.15. The van der Waals surface area contributed by atoms with E-state index in [2.05, 4.69) is 4.72 Å². The summed E-state index contributed by atoms with van der Waals surface area (Å²) in [7, 11) is -3.69. The predicted molar refractivity (Wildman–Crippen MR) is 78.9 cm³/mol. The van der Waals surface area contributed by atoms with Gasteiger partial charge in [0.15, 0.2) is 0 Å². The van der Waals surface area contributed by atoms with Crippen LogP contribution in [0.2, 0.25) is 4.34 Å². The molecule has 8 heteroatoms. The Balaban J connectivity index is 1.91. The third-order valence-electron chi connectivity index (χ3n) is 3.12. The molecule has 1 unspecified atom stereocenters. The van der Waals surface area contributed by atoms with Crippen molar-refractivity contribution in [1.29, 1.82) is 0 Å². The van der Waals surface area contributed by atoms with E-state index in [0.29, 0.717) is 28.7 Å². The number of fused-ring (bicyclic) bond motifs is 1. The van der Waals surface area contributed by atoms with Crippen LogP contribution in [0.15, 0.2) is 34.5 Å². The van der Waals surface area contributed by atoms with Crippen molar-refractivity contribution >= 4 is 33.0 Å². The molecule has 1 N–H and O–H groups in total. The molecule has 21 heavy (non-hydrogen) atoms. The summed E-state index contributed by atoms with van der Waals surface area (Å²) in [6.45, 7) is 0.372. The molecule has 1 atom stereocenters. The number of benzene rings is 1. The zero-order valence-corrected chi connectivity index (χ0v) is 13.1. The summed E-state index contributed by atoms with van der Waals surface area (Å²) in [5, 5.41) is 0. The van der Waals surface area contributed by atoms with Crippen LogP contribution in [0.4, 0.5) is 4.39 Å². The third kappa shape index (κ3) is 3.06. The first-order valence-corrected chi connectivity index (χ1v) is 8.83. The molecule has 0 aliphatic carbocycles. The molecule has 0 saturated carbocycles. The Labute approximate surface area is 130 Å². The molecule has 3 rings (SSSR count). The number of thiophene rings is 1. The van der Waals surface area contributed by atoms with Crippen molar-refractivity contribution in [3.05, 3.63) is 46.0 Å². The average Bonchev–Trinajstić information content (AvgIpc) is 2.87. The molecule has 1 aromatic heterocycles. The van der Waals surface area contributed by atoms with Crippen LogP contribution in [0.25, 0.3) is 0 Å². The van der Waals surface area contributed by atoms with E-state index in [1.807, 2.05) is 0 Å².